The van der Waals surface area contributed by atoms with Crippen LogP contribution in [0.15, 0.2) is 22.7 Å². The number of hydrogen-bond acceptors (Lipinski definition) is 4. The number of halogens is 1. The predicted octanol–water partition coefficient (Wildman–Crippen LogP) is 3.60. The second-order valence-corrected chi connectivity index (χ2v) is 6.00. The highest BCUT2D eigenvalue weighted by Crippen LogP contribution is 2.33. The number of rotatable bonds is 6. The van der Waals surface area contributed by atoms with Crippen molar-refractivity contribution in [1.82, 2.24) is 5.32 Å². The van der Waals surface area contributed by atoms with Crippen molar-refractivity contribution < 1.29 is 14.3 Å². The number of esters is 1. The van der Waals surface area contributed by atoms with Crippen LogP contribution in [0.5, 0.6) is 5.75 Å². The molecule has 1 aromatic carbocycles. The van der Waals surface area contributed by atoms with Crippen molar-refractivity contribution in [3.63, 3.8) is 0 Å². The quantitative estimate of drug-likeness (QED) is 0.625. The van der Waals surface area contributed by atoms with E-state index in [1.165, 1.54) is 5.56 Å². The zero-order chi connectivity index (χ0) is 15.1. The molecule has 0 radical (unpaired) electrons. The summed E-state index contributed by atoms with van der Waals surface area (Å²) in [6.07, 6.45) is 3.34. The normalized spacial score (nSPS) is 17.5. The largest absolute Gasteiger partial charge is 0.493 e. The van der Waals surface area contributed by atoms with Gasteiger partial charge in [-0.05, 0) is 44.9 Å². The van der Waals surface area contributed by atoms with E-state index in [1.54, 1.807) is 0 Å². The highest BCUT2D eigenvalue weighted by atomic mass is 79.9. The number of carbonyl (C=O) groups excluding carboxylic acids is 1. The molecule has 1 atom stereocenters. The first-order valence-corrected chi connectivity index (χ1v) is 8.31. The Morgan fingerprint density at radius 3 is 3.19 bits per heavy atom. The maximum absolute atomic E-state index is 11.3. The van der Waals surface area contributed by atoms with E-state index in [-0.39, 0.29) is 12.0 Å². The van der Waals surface area contributed by atoms with Crippen molar-refractivity contribution >= 4 is 21.9 Å². The van der Waals surface area contributed by atoms with Gasteiger partial charge in [0.05, 0.1) is 13.2 Å². The fraction of sp³-hybridized carbons (Fsp3) is 0.562. The molecule has 5 heteroatoms. The molecule has 1 aromatic rings. The van der Waals surface area contributed by atoms with Crippen LogP contribution in [0.2, 0.25) is 0 Å². The zero-order valence-electron chi connectivity index (χ0n) is 12.4. The van der Waals surface area contributed by atoms with Crippen LogP contribution < -0.4 is 10.1 Å². The Labute approximate surface area is 134 Å². The van der Waals surface area contributed by atoms with E-state index in [4.69, 9.17) is 9.47 Å². The fourth-order valence-electron chi connectivity index (χ4n) is 2.50. The third-order valence-electron chi connectivity index (χ3n) is 3.50. The van der Waals surface area contributed by atoms with Crippen LogP contribution >= 0.6 is 15.9 Å². The van der Waals surface area contributed by atoms with E-state index in [1.807, 2.05) is 19.1 Å². The van der Waals surface area contributed by atoms with Gasteiger partial charge in [0.2, 0.25) is 0 Å². The molecule has 116 valence electrons. The van der Waals surface area contributed by atoms with Gasteiger partial charge in [-0.3, -0.25) is 4.79 Å². The van der Waals surface area contributed by atoms with Crippen molar-refractivity contribution in [2.45, 2.75) is 38.6 Å². The Morgan fingerprint density at radius 1 is 1.52 bits per heavy atom. The summed E-state index contributed by atoms with van der Waals surface area (Å²) in [6, 6.07) is 6.46. The van der Waals surface area contributed by atoms with Gasteiger partial charge in [-0.25, -0.2) is 0 Å². The first-order chi connectivity index (χ1) is 10.2. The minimum atomic E-state index is -0.118. The highest BCUT2D eigenvalue weighted by Gasteiger charge is 2.19. The van der Waals surface area contributed by atoms with Crippen LogP contribution in [0.4, 0.5) is 0 Å². The Morgan fingerprint density at radius 2 is 2.38 bits per heavy atom. The lowest BCUT2D eigenvalue weighted by atomic mass is 10.0. The molecular formula is C16H22BrNO3. The molecule has 1 N–H and O–H groups in total. The van der Waals surface area contributed by atoms with Crippen molar-refractivity contribution in [2.24, 2.45) is 0 Å². The van der Waals surface area contributed by atoms with Crippen LogP contribution in [0, 0.1) is 0 Å². The number of nitrogens with one attached hydrogen (secondary N) is 1. The summed E-state index contributed by atoms with van der Waals surface area (Å²) in [7, 11) is 0. The number of fused-ring (bicyclic) bond motifs is 1. The number of benzene rings is 1. The SMILES string of the molecule is CCOC(=O)CCCNC1CCCOc2cc(Br)ccc21. The molecular weight excluding hydrogens is 334 g/mol. The number of hydrogen-bond donors (Lipinski definition) is 1. The maximum Gasteiger partial charge on any atom is 0.305 e. The van der Waals surface area contributed by atoms with Gasteiger partial charge in [0.1, 0.15) is 5.75 Å². The lowest BCUT2D eigenvalue weighted by Gasteiger charge is -2.18. The lowest BCUT2D eigenvalue weighted by molar-refractivity contribution is -0.143. The summed E-state index contributed by atoms with van der Waals surface area (Å²) in [4.78, 5) is 11.3. The molecule has 0 spiro atoms. The lowest BCUT2D eigenvalue weighted by Crippen LogP contribution is -2.23. The summed E-state index contributed by atoms with van der Waals surface area (Å²) in [5, 5.41) is 3.53. The summed E-state index contributed by atoms with van der Waals surface area (Å²) in [5.74, 6) is 0.831. The summed E-state index contributed by atoms with van der Waals surface area (Å²) >= 11 is 3.48. The molecule has 0 saturated carbocycles. The summed E-state index contributed by atoms with van der Waals surface area (Å²) in [6.45, 7) is 3.84. The summed E-state index contributed by atoms with van der Waals surface area (Å²) in [5.41, 5.74) is 1.20. The molecule has 0 bridgehead atoms. The number of ether oxygens (including phenoxy) is 2. The maximum atomic E-state index is 11.3. The van der Waals surface area contributed by atoms with Crippen LogP contribution in [0.1, 0.15) is 44.2 Å². The number of carbonyl (C=O) groups is 1. The topological polar surface area (TPSA) is 47.6 Å². The monoisotopic (exact) mass is 355 g/mol. The van der Waals surface area contributed by atoms with Crippen LogP contribution in [-0.2, 0) is 9.53 Å². The standard InChI is InChI=1S/C16H22BrNO3/c1-2-20-16(19)6-3-9-18-14-5-4-10-21-15-11-12(17)7-8-13(14)15/h7-8,11,14,18H,2-6,9-10H2,1H3. The molecule has 1 aliphatic rings. The molecule has 0 aliphatic carbocycles. The smallest absolute Gasteiger partial charge is 0.305 e. The van der Waals surface area contributed by atoms with E-state index in [0.717, 1.165) is 42.6 Å². The minimum Gasteiger partial charge on any atom is -0.493 e. The van der Waals surface area contributed by atoms with Crippen molar-refractivity contribution in [2.75, 3.05) is 19.8 Å². The average molecular weight is 356 g/mol. The molecule has 2 rings (SSSR count). The van der Waals surface area contributed by atoms with Gasteiger partial charge < -0.3 is 14.8 Å². The molecule has 0 fully saturated rings. The third kappa shape index (κ3) is 5.00. The third-order valence-corrected chi connectivity index (χ3v) is 3.99. The predicted molar refractivity (Wildman–Crippen MR) is 85.5 cm³/mol. The Bertz CT molecular complexity index is 479. The minimum absolute atomic E-state index is 0.118. The molecule has 4 nitrogen and oxygen atoms in total. The molecule has 0 aromatic heterocycles. The van der Waals surface area contributed by atoms with E-state index >= 15 is 0 Å². The van der Waals surface area contributed by atoms with Gasteiger partial charge in [0, 0.05) is 22.5 Å². The molecule has 0 amide bonds. The van der Waals surface area contributed by atoms with Gasteiger partial charge >= 0.3 is 5.97 Å². The zero-order valence-corrected chi connectivity index (χ0v) is 13.9. The highest BCUT2D eigenvalue weighted by molar-refractivity contribution is 9.10. The van der Waals surface area contributed by atoms with E-state index in [0.29, 0.717) is 13.0 Å². The fourth-order valence-corrected chi connectivity index (χ4v) is 2.84. The molecule has 1 unspecified atom stereocenters. The van der Waals surface area contributed by atoms with Gasteiger partial charge in [-0.1, -0.05) is 22.0 Å². The van der Waals surface area contributed by atoms with Gasteiger partial charge in [0.25, 0.3) is 0 Å². The molecule has 0 saturated heterocycles. The van der Waals surface area contributed by atoms with E-state index in [2.05, 4.69) is 27.3 Å². The van der Waals surface area contributed by atoms with Crippen molar-refractivity contribution in [3.05, 3.63) is 28.2 Å². The van der Waals surface area contributed by atoms with Crippen LogP contribution in [0.25, 0.3) is 0 Å². The second kappa shape index (κ2) is 8.39. The van der Waals surface area contributed by atoms with E-state index in [9.17, 15) is 4.79 Å². The van der Waals surface area contributed by atoms with E-state index < -0.39 is 0 Å². The van der Waals surface area contributed by atoms with Crippen LogP contribution in [-0.4, -0.2) is 25.7 Å². The first kappa shape index (κ1) is 16.3. The Kier molecular flexibility index (Phi) is 6.51. The Hall–Kier alpha value is -1.07. The molecule has 1 heterocycles. The molecule has 21 heavy (non-hydrogen) atoms. The van der Waals surface area contributed by atoms with Gasteiger partial charge in [0.15, 0.2) is 0 Å². The average Bonchev–Trinajstić information content (AvgIpc) is 2.65. The van der Waals surface area contributed by atoms with Crippen molar-refractivity contribution in [1.29, 1.82) is 0 Å². The van der Waals surface area contributed by atoms with Gasteiger partial charge in [-0.15, -0.1) is 0 Å². The van der Waals surface area contributed by atoms with Crippen LogP contribution in [0.3, 0.4) is 0 Å². The van der Waals surface area contributed by atoms with Gasteiger partial charge in [-0.2, -0.15) is 0 Å². The first-order valence-electron chi connectivity index (χ1n) is 7.52. The summed E-state index contributed by atoms with van der Waals surface area (Å²) < 4.78 is 11.8. The second-order valence-electron chi connectivity index (χ2n) is 5.09. The Balaban J connectivity index is 1.87. The van der Waals surface area contributed by atoms with Crippen molar-refractivity contribution in [3.8, 4) is 5.75 Å². The molecule has 1 aliphatic heterocycles.